The molecule has 4 rings (SSSR count). The maximum Gasteiger partial charge on any atom is 0.105 e. The summed E-state index contributed by atoms with van der Waals surface area (Å²) in [4.78, 5) is 0. The molecule has 2 unspecified atom stereocenters. The van der Waals surface area contributed by atoms with Gasteiger partial charge >= 0.3 is 0 Å². The van der Waals surface area contributed by atoms with Crippen molar-refractivity contribution in [3.8, 4) is 0 Å². The van der Waals surface area contributed by atoms with Crippen molar-refractivity contribution in [2.45, 2.75) is 71.4 Å². The highest BCUT2D eigenvalue weighted by molar-refractivity contribution is 5.16. The lowest BCUT2D eigenvalue weighted by atomic mass is 9.46. The highest BCUT2D eigenvalue weighted by Crippen LogP contribution is 2.65. The topological polar surface area (TPSA) is 0 Å². The highest BCUT2D eigenvalue weighted by Gasteiger charge is 2.60. The predicted molar refractivity (Wildman–Crippen MR) is 81.1 cm³/mol. The van der Waals surface area contributed by atoms with E-state index in [1.807, 2.05) is 0 Å². The van der Waals surface area contributed by atoms with Gasteiger partial charge in [0, 0.05) is 5.92 Å². The van der Waals surface area contributed by atoms with Crippen molar-refractivity contribution in [1.29, 1.82) is 0 Å². The lowest BCUT2D eigenvalue weighted by Gasteiger charge is -2.59. The highest BCUT2D eigenvalue weighted by atomic mass is 19.1. The average molecular weight is 276 g/mol. The second kappa shape index (κ2) is 4.34. The van der Waals surface area contributed by atoms with Crippen LogP contribution in [0.25, 0.3) is 0 Å². The van der Waals surface area contributed by atoms with Crippen LogP contribution in [0.4, 0.5) is 4.39 Å². The fourth-order valence-corrected chi connectivity index (χ4v) is 6.88. The van der Waals surface area contributed by atoms with E-state index in [1.54, 1.807) is 0 Å². The zero-order valence-electron chi connectivity index (χ0n) is 13.1. The predicted octanol–water partition coefficient (Wildman–Crippen LogP) is 5.53. The molecule has 3 saturated carbocycles. The molecular weight excluding hydrogens is 247 g/mol. The van der Waals surface area contributed by atoms with E-state index in [4.69, 9.17) is 0 Å². The van der Waals surface area contributed by atoms with Crippen molar-refractivity contribution >= 4 is 0 Å². The Morgan fingerprint density at radius 3 is 2.80 bits per heavy atom. The van der Waals surface area contributed by atoms with E-state index in [9.17, 15) is 0 Å². The number of alkyl halides is 1. The molecule has 0 radical (unpaired) electrons. The molecule has 0 saturated heterocycles. The molecule has 0 aliphatic heterocycles. The smallest absolute Gasteiger partial charge is 0.105 e. The molecule has 0 bridgehead atoms. The zero-order valence-corrected chi connectivity index (χ0v) is 13.1. The van der Waals surface area contributed by atoms with Crippen LogP contribution in [0.2, 0.25) is 0 Å². The number of allylic oxidation sites excluding steroid dienone is 2. The Bertz CT molecular complexity index is 427. The molecule has 3 fully saturated rings. The summed E-state index contributed by atoms with van der Waals surface area (Å²) in [7, 11) is 0. The van der Waals surface area contributed by atoms with Gasteiger partial charge in [-0.1, -0.05) is 32.4 Å². The third-order valence-electron chi connectivity index (χ3n) is 7.79. The Morgan fingerprint density at radius 1 is 1.10 bits per heavy atom. The molecule has 0 amide bonds. The number of hydrogen-bond donors (Lipinski definition) is 0. The van der Waals surface area contributed by atoms with Crippen LogP contribution in [0.1, 0.15) is 65.2 Å². The minimum atomic E-state index is -0.560. The summed E-state index contributed by atoms with van der Waals surface area (Å²) in [6.07, 6.45) is 14.2. The van der Waals surface area contributed by atoms with Crippen LogP contribution in [0.5, 0.6) is 0 Å². The van der Waals surface area contributed by atoms with E-state index in [0.29, 0.717) is 17.3 Å². The molecule has 4 aliphatic rings. The van der Waals surface area contributed by atoms with Gasteiger partial charge in [-0.2, -0.15) is 0 Å². The van der Waals surface area contributed by atoms with Gasteiger partial charge < -0.3 is 0 Å². The molecule has 7 atom stereocenters. The summed E-state index contributed by atoms with van der Waals surface area (Å²) in [5.74, 6) is 2.54. The molecule has 0 heterocycles. The van der Waals surface area contributed by atoms with Crippen LogP contribution in [-0.2, 0) is 0 Å². The monoisotopic (exact) mass is 276 g/mol. The van der Waals surface area contributed by atoms with Crippen LogP contribution in [0, 0.1) is 34.5 Å². The number of rotatable bonds is 0. The largest absolute Gasteiger partial charge is 0.247 e. The minimum Gasteiger partial charge on any atom is -0.247 e. The first-order chi connectivity index (χ1) is 9.55. The van der Waals surface area contributed by atoms with E-state index in [0.717, 1.165) is 18.3 Å². The van der Waals surface area contributed by atoms with Gasteiger partial charge in [-0.3, -0.25) is 0 Å². The Kier molecular flexibility index (Phi) is 2.89. The molecule has 0 spiro atoms. The summed E-state index contributed by atoms with van der Waals surface area (Å²) in [6, 6.07) is 0. The van der Waals surface area contributed by atoms with Crippen molar-refractivity contribution in [2.24, 2.45) is 34.5 Å². The minimum absolute atomic E-state index is 0.157. The molecule has 20 heavy (non-hydrogen) atoms. The van der Waals surface area contributed by atoms with E-state index in [1.165, 1.54) is 44.9 Å². The van der Waals surface area contributed by atoms with E-state index in [-0.39, 0.29) is 5.41 Å². The van der Waals surface area contributed by atoms with Gasteiger partial charge in [0.15, 0.2) is 0 Å². The summed E-state index contributed by atoms with van der Waals surface area (Å²) >= 11 is 0. The van der Waals surface area contributed by atoms with Gasteiger partial charge in [-0.15, -0.1) is 0 Å². The Balaban J connectivity index is 1.73. The van der Waals surface area contributed by atoms with Gasteiger partial charge in [-0.05, 0) is 73.5 Å². The molecule has 0 aromatic carbocycles. The number of hydrogen-bond acceptors (Lipinski definition) is 0. The third-order valence-corrected chi connectivity index (χ3v) is 7.79. The van der Waals surface area contributed by atoms with Gasteiger partial charge in [0.25, 0.3) is 0 Å². The lowest BCUT2D eigenvalue weighted by Crippen LogP contribution is -2.55. The zero-order chi connectivity index (χ0) is 14.0. The van der Waals surface area contributed by atoms with Gasteiger partial charge in [-0.25, -0.2) is 4.39 Å². The average Bonchev–Trinajstić information content (AvgIpc) is 2.78. The van der Waals surface area contributed by atoms with Crippen molar-refractivity contribution in [3.63, 3.8) is 0 Å². The molecule has 1 heteroatoms. The van der Waals surface area contributed by atoms with E-state index in [2.05, 4.69) is 26.0 Å². The standard InChI is InChI=1S/C19H29F/c1-18-10-5-7-15(18)14-9-8-13-6-3-4-11-19(13,2)17(14)16(20)12-18/h4,11,13-17H,3,5-10,12H2,1-2H3/t13?,14-,15-,16?,17-,18-,19-/m0/s1. The van der Waals surface area contributed by atoms with Gasteiger partial charge in [0.05, 0.1) is 0 Å². The van der Waals surface area contributed by atoms with E-state index >= 15 is 4.39 Å². The molecular formula is C19H29F. The Morgan fingerprint density at radius 2 is 1.95 bits per heavy atom. The van der Waals surface area contributed by atoms with Crippen molar-refractivity contribution in [2.75, 3.05) is 0 Å². The Hall–Kier alpha value is -0.330. The fraction of sp³-hybridized carbons (Fsp3) is 0.895. The Labute approximate surface area is 123 Å². The quantitative estimate of drug-likeness (QED) is 0.510. The first-order valence-corrected chi connectivity index (χ1v) is 8.86. The van der Waals surface area contributed by atoms with Crippen LogP contribution >= 0.6 is 0 Å². The maximum atomic E-state index is 15.2. The van der Waals surface area contributed by atoms with Gasteiger partial charge in [0.1, 0.15) is 6.17 Å². The maximum absolute atomic E-state index is 15.2. The lowest BCUT2D eigenvalue weighted by molar-refractivity contribution is -0.112. The summed E-state index contributed by atoms with van der Waals surface area (Å²) in [6.45, 7) is 4.77. The van der Waals surface area contributed by atoms with E-state index < -0.39 is 6.17 Å². The first-order valence-electron chi connectivity index (χ1n) is 8.86. The molecule has 0 aromatic rings. The van der Waals surface area contributed by atoms with Crippen LogP contribution in [-0.4, -0.2) is 6.17 Å². The van der Waals surface area contributed by atoms with Crippen molar-refractivity contribution < 1.29 is 4.39 Å². The van der Waals surface area contributed by atoms with Crippen molar-refractivity contribution in [3.05, 3.63) is 12.2 Å². The van der Waals surface area contributed by atoms with Crippen LogP contribution in [0.3, 0.4) is 0 Å². The SMILES string of the molecule is C[C@@]12CCC[C@H]1[C@@H]1CCC3CCC=C[C@]3(C)[C@@H]1C(F)C2. The molecule has 0 aromatic heterocycles. The normalized spacial score (nSPS) is 57.9. The second-order valence-electron chi connectivity index (χ2n) is 8.68. The van der Waals surface area contributed by atoms with Gasteiger partial charge in [0.2, 0.25) is 0 Å². The van der Waals surface area contributed by atoms with Crippen LogP contribution < -0.4 is 0 Å². The summed E-state index contributed by atoms with van der Waals surface area (Å²) < 4.78 is 15.2. The van der Waals surface area contributed by atoms with Crippen LogP contribution in [0.15, 0.2) is 12.2 Å². The van der Waals surface area contributed by atoms with Crippen molar-refractivity contribution in [1.82, 2.24) is 0 Å². The second-order valence-corrected chi connectivity index (χ2v) is 8.68. The summed E-state index contributed by atoms with van der Waals surface area (Å²) in [5, 5.41) is 0. The molecule has 0 nitrogen and oxygen atoms in total. The molecule has 4 aliphatic carbocycles. The number of fused-ring (bicyclic) bond motifs is 5. The first kappa shape index (κ1) is 13.3. The molecule has 112 valence electrons. The summed E-state index contributed by atoms with van der Waals surface area (Å²) in [5.41, 5.74) is 0.479. The third kappa shape index (κ3) is 1.64. The fourth-order valence-electron chi connectivity index (χ4n) is 6.88. The number of halogens is 1. The molecule has 0 N–H and O–H groups in total.